The van der Waals surface area contributed by atoms with Gasteiger partial charge < -0.3 is 15.4 Å². The minimum absolute atomic E-state index is 0. The Morgan fingerprint density at radius 1 is 1.50 bits per heavy atom. The number of hydrogen-bond donors (Lipinski definition) is 1. The lowest BCUT2D eigenvalue weighted by molar-refractivity contribution is -0.139. The number of piperidine rings is 1. The highest BCUT2D eigenvalue weighted by Gasteiger charge is 2.34. The second-order valence-electron chi connectivity index (χ2n) is 5.64. The third-order valence-corrected chi connectivity index (χ3v) is 3.66. The van der Waals surface area contributed by atoms with Crippen LogP contribution in [0.2, 0.25) is 0 Å². The van der Waals surface area contributed by atoms with E-state index in [4.69, 9.17) is 10.5 Å². The van der Waals surface area contributed by atoms with Crippen LogP contribution in [0.1, 0.15) is 25.3 Å². The van der Waals surface area contributed by atoms with E-state index < -0.39 is 17.6 Å². The Hall–Kier alpha value is -1.26. The lowest BCUT2D eigenvalue weighted by Gasteiger charge is -2.31. The molecule has 0 aliphatic carbocycles. The minimum Gasteiger partial charge on any atom is -0.475 e. The molecule has 0 amide bonds. The molecule has 2 rings (SSSR count). The van der Waals surface area contributed by atoms with Crippen molar-refractivity contribution in [1.82, 2.24) is 9.88 Å². The van der Waals surface area contributed by atoms with Crippen LogP contribution in [0.25, 0.3) is 0 Å². The molecule has 1 aliphatic heterocycles. The fourth-order valence-electron chi connectivity index (χ4n) is 2.52. The van der Waals surface area contributed by atoms with E-state index in [1.54, 1.807) is 0 Å². The van der Waals surface area contributed by atoms with Crippen molar-refractivity contribution in [3.8, 4) is 5.88 Å². The zero-order valence-corrected chi connectivity index (χ0v) is 15.8. The van der Waals surface area contributed by atoms with Crippen molar-refractivity contribution < 1.29 is 17.9 Å². The van der Waals surface area contributed by atoms with Crippen molar-refractivity contribution >= 4 is 29.9 Å². The second kappa shape index (κ2) is 9.28. The number of rotatable bonds is 4. The predicted octanol–water partition coefficient (Wildman–Crippen LogP) is 3.14. The maximum absolute atomic E-state index is 12.8. The minimum atomic E-state index is -4.49. The van der Waals surface area contributed by atoms with Crippen LogP contribution in [-0.2, 0) is 6.18 Å². The molecular weight excluding hydrogens is 436 g/mol. The summed E-state index contributed by atoms with van der Waals surface area (Å²) in [5, 5.41) is 0. The molecular formula is C15H22F3IN4O. The Labute approximate surface area is 156 Å². The number of nitrogens with two attached hydrogens (primary N) is 1. The van der Waals surface area contributed by atoms with Crippen LogP contribution in [0.5, 0.6) is 5.88 Å². The Bertz CT molecular complexity index is 554. The van der Waals surface area contributed by atoms with E-state index >= 15 is 0 Å². The predicted molar refractivity (Wildman–Crippen MR) is 96.6 cm³/mol. The van der Waals surface area contributed by atoms with Gasteiger partial charge >= 0.3 is 6.18 Å². The fourth-order valence-corrected chi connectivity index (χ4v) is 2.52. The first-order valence-corrected chi connectivity index (χ1v) is 7.58. The molecule has 0 bridgehead atoms. The molecule has 1 saturated heterocycles. The monoisotopic (exact) mass is 458 g/mol. The SMILES string of the molecule is CC1CCCN(C(N)=NCCOc2ncccc2C(F)(F)F)C1.I. The average molecular weight is 458 g/mol. The molecule has 5 nitrogen and oxygen atoms in total. The van der Waals surface area contributed by atoms with Gasteiger partial charge in [0.15, 0.2) is 5.96 Å². The highest BCUT2D eigenvalue weighted by molar-refractivity contribution is 14.0. The zero-order chi connectivity index (χ0) is 16.9. The van der Waals surface area contributed by atoms with Crippen LogP contribution in [0, 0.1) is 5.92 Å². The van der Waals surface area contributed by atoms with Gasteiger partial charge in [-0.1, -0.05) is 6.92 Å². The van der Waals surface area contributed by atoms with Crippen molar-refractivity contribution in [2.75, 3.05) is 26.2 Å². The second-order valence-corrected chi connectivity index (χ2v) is 5.64. The summed E-state index contributed by atoms with van der Waals surface area (Å²) in [5.41, 5.74) is 5.03. The van der Waals surface area contributed by atoms with Gasteiger partial charge in [-0.15, -0.1) is 24.0 Å². The van der Waals surface area contributed by atoms with Crippen LogP contribution in [0.15, 0.2) is 23.3 Å². The molecule has 1 fully saturated rings. The number of pyridine rings is 1. The molecule has 0 spiro atoms. The van der Waals surface area contributed by atoms with Crippen molar-refractivity contribution in [3.63, 3.8) is 0 Å². The van der Waals surface area contributed by atoms with Crippen molar-refractivity contribution in [2.45, 2.75) is 25.9 Å². The van der Waals surface area contributed by atoms with Gasteiger partial charge in [0.25, 0.3) is 0 Å². The van der Waals surface area contributed by atoms with Crippen LogP contribution in [-0.4, -0.2) is 42.1 Å². The van der Waals surface area contributed by atoms with E-state index in [-0.39, 0.29) is 37.1 Å². The van der Waals surface area contributed by atoms with Crippen molar-refractivity contribution in [3.05, 3.63) is 23.9 Å². The lowest BCUT2D eigenvalue weighted by Crippen LogP contribution is -2.43. The normalized spacial score (nSPS) is 18.9. The van der Waals surface area contributed by atoms with Crippen LogP contribution in [0.3, 0.4) is 0 Å². The number of halogens is 4. The van der Waals surface area contributed by atoms with Gasteiger partial charge in [-0.3, -0.25) is 0 Å². The molecule has 2 N–H and O–H groups in total. The third kappa shape index (κ3) is 5.99. The molecule has 0 radical (unpaired) electrons. The fraction of sp³-hybridized carbons (Fsp3) is 0.600. The van der Waals surface area contributed by atoms with Crippen LogP contribution in [0.4, 0.5) is 13.2 Å². The van der Waals surface area contributed by atoms with Gasteiger partial charge in [0.2, 0.25) is 5.88 Å². The first kappa shape index (κ1) is 20.8. The Balaban J connectivity index is 0.00000288. The first-order valence-electron chi connectivity index (χ1n) is 7.58. The van der Waals surface area contributed by atoms with E-state index in [1.807, 2.05) is 4.90 Å². The van der Waals surface area contributed by atoms with Gasteiger partial charge in [-0.25, -0.2) is 9.98 Å². The quantitative estimate of drug-likeness (QED) is 0.326. The Morgan fingerprint density at radius 3 is 2.92 bits per heavy atom. The first-order chi connectivity index (χ1) is 10.9. The van der Waals surface area contributed by atoms with E-state index in [0.29, 0.717) is 11.9 Å². The Morgan fingerprint density at radius 2 is 2.25 bits per heavy atom. The summed E-state index contributed by atoms with van der Waals surface area (Å²) >= 11 is 0. The Kier molecular flexibility index (Phi) is 8.04. The molecule has 0 aromatic carbocycles. The summed E-state index contributed by atoms with van der Waals surface area (Å²) in [7, 11) is 0. The van der Waals surface area contributed by atoms with Gasteiger partial charge in [0.05, 0.1) is 6.54 Å². The summed E-state index contributed by atoms with van der Waals surface area (Å²) in [5.74, 6) is 0.550. The highest BCUT2D eigenvalue weighted by Crippen LogP contribution is 2.34. The molecule has 1 atom stereocenters. The number of guanidine groups is 1. The zero-order valence-electron chi connectivity index (χ0n) is 13.4. The number of alkyl halides is 3. The summed E-state index contributed by atoms with van der Waals surface area (Å²) in [6, 6.07) is 2.17. The topological polar surface area (TPSA) is 63.7 Å². The van der Waals surface area contributed by atoms with E-state index in [1.165, 1.54) is 18.7 Å². The maximum Gasteiger partial charge on any atom is 0.421 e. The summed E-state index contributed by atoms with van der Waals surface area (Å²) < 4.78 is 43.5. The summed E-state index contributed by atoms with van der Waals surface area (Å²) in [6.45, 7) is 4.05. The molecule has 2 heterocycles. The summed E-state index contributed by atoms with van der Waals surface area (Å²) in [4.78, 5) is 9.80. The van der Waals surface area contributed by atoms with Gasteiger partial charge in [-0.05, 0) is 30.9 Å². The third-order valence-electron chi connectivity index (χ3n) is 3.66. The summed E-state index contributed by atoms with van der Waals surface area (Å²) in [6.07, 6.45) is -0.989. The molecule has 1 aromatic heterocycles. The maximum atomic E-state index is 12.8. The standard InChI is InChI=1S/C15H21F3N4O.HI/c1-11-4-3-8-22(10-11)14(19)21-7-9-23-13-12(15(16,17)18)5-2-6-20-13;/h2,5-6,11H,3-4,7-10H2,1H3,(H2,19,21);1H. The highest BCUT2D eigenvalue weighted by atomic mass is 127. The molecule has 1 aliphatic rings. The number of aromatic nitrogens is 1. The molecule has 136 valence electrons. The number of hydrogen-bond acceptors (Lipinski definition) is 3. The van der Waals surface area contributed by atoms with E-state index in [0.717, 1.165) is 25.6 Å². The van der Waals surface area contributed by atoms with Crippen molar-refractivity contribution in [2.24, 2.45) is 16.6 Å². The average Bonchev–Trinajstić information content (AvgIpc) is 2.51. The number of ether oxygens (including phenoxy) is 1. The number of aliphatic imine (C=N–C) groups is 1. The van der Waals surface area contributed by atoms with Crippen LogP contribution >= 0.6 is 24.0 Å². The van der Waals surface area contributed by atoms with E-state index in [9.17, 15) is 13.2 Å². The number of nitrogens with zero attached hydrogens (tertiary/aromatic N) is 3. The van der Waals surface area contributed by atoms with Crippen LogP contribution < -0.4 is 10.5 Å². The molecule has 24 heavy (non-hydrogen) atoms. The van der Waals surface area contributed by atoms with Crippen molar-refractivity contribution in [1.29, 1.82) is 0 Å². The number of likely N-dealkylation sites (tertiary alicyclic amines) is 1. The largest absolute Gasteiger partial charge is 0.475 e. The molecule has 0 saturated carbocycles. The smallest absolute Gasteiger partial charge is 0.421 e. The lowest BCUT2D eigenvalue weighted by atomic mass is 10.0. The van der Waals surface area contributed by atoms with E-state index in [2.05, 4.69) is 16.9 Å². The molecule has 1 aromatic rings. The van der Waals surface area contributed by atoms with Gasteiger partial charge in [0.1, 0.15) is 12.2 Å². The molecule has 1 unspecified atom stereocenters. The molecule has 9 heteroatoms. The van der Waals surface area contributed by atoms with Gasteiger partial charge in [-0.2, -0.15) is 13.2 Å². The van der Waals surface area contributed by atoms with Gasteiger partial charge in [0, 0.05) is 19.3 Å².